The molecular formula is C22H27N3OS. The van der Waals surface area contributed by atoms with Gasteiger partial charge in [-0.05, 0) is 16.5 Å². The van der Waals surface area contributed by atoms with E-state index in [1.807, 2.05) is 6.07 Å². The summed E-state index contributed by atoms with van der Waals surface area (Å²) in [5.74, 6) is 1.76. The fourth-order valence-corrected chi connectivity index (χ4v) is 3.69. The van der Waals surface area contributed by atoms with Crippen LogP contribution in [0.2, 0.25) is 0 Å². The van der Waals surface area contributed by atoms with E-state index in [4.69, 9.17) is 4.74 Å². The molecule has 3 aromatic rings. The number of ether oxygens (including phenoxy) is 1. The van der Waals surface area contributed by atoms with Crippen molar-refractivity contribution in [2.75, 3.05) is 19.5 Å². The number of rotatable bonds is 7. The van der Waals surface area contributed by atoms with Gasteiger partial charge in [0, 0.05) is 18.4 Å². The van der Waals surface area contributed by atoms with Gasteiger partial charge in [-0.15, -0.1) is 10.2 Å². The van der Waals surface area contributed by atoms with Crippen LogP contribution >= 0.6 is 11.8 Å². The number of hydrogen-bond donors (Lipinski definition) is 0. The molecule has 0 saturated carbocycles. The molecule has 0 aliphatic heterocycles. The highest BCUT2D eigenvalue weighted by atomic mass is 32.2. The van der Waals surface area contributed by atoms with E-state index in [0.717, 1.165) is 28.8 Å². The van der Waals surface area contributed by atoms with Crippen molar-refractivity contribution in [3.63, 3.8) is 0 Å². The van der Waals surface area contributed by atoms with Crippen LogP contribution in [0.3, 0.4) is 0 Å². The molecule has 0 aliphatic rings. The lowest BCUT2D eigenvalue weighted by Gasteiger charge is -2.19. The SMILES string of the molecule is COCCSc1nnc(-c2ccc(C(C)(C)C)cc2)n1Cc1ccccc1. The van der Waals surface area contributed by atoms with Gasteiger partial charge in [-0.1, -0.05) is 87.1 Å². The van der Waals surface area contributed by atoms with Crippen LogP contribution in [0, 0.1) is 0 Å². The molecule has 4 nitrogen and oxygen atoms in total. The van der Waals surface area contributed by atoms with Crippen LogP contribution < -0.4 is 0 Å². The third-order valence-corrected chi connectivity index (χ3v) is 5.36. The normalized spacial score (nSPS) is 11.7. The molecule has 0 N–H and O–H groups in total. The standard InChI is InChI=1S/C22H27N3OS/c1-22(2,3)19-12-10-18(11-13-19)20-23-24-21(27-15-14-26-4)25(20)16-17-8-6-5-7-9-17/h5-13H,14-16H2,1-4H3. The molecule has 0 aliphatic carbocycles. The predicted molar refractivity (Wildman–Crippen MR) is 112 cm³/mol. The largest absolute Gasteiger partial charge is 0.384 e. The highest BCUT2D eigenvalue weighted by Gasteiger charge is 2.17. The first kappa shape index (κ1) is 19.6. The van der Waals surface area contributed by atoms with Gasteiger partial charge in [-0.2, -0.15) is 0 Å². The number of aromatic nitrogens is 3. The lowest BCUT2D eigenvalue weighted by Crippen LogP contribution is -2.10. The summed E-state index contributed by atoms with van der Waals surface area (Å²) in [6, 6.07) is 19.1. The Morgan fingerprint density at radius 2 is 1.67 bits per heavy atom. The molecule has 0 unspecified atom stereocenters. The van der Waals surface area contributed by atoms with Crippen molar-refractivity contribution in [3.05, 3.63) is 65.7 Å². The van der Waals surface area contributed by atoms with Crippen LogP contribution in [0.5, 0.6) is 0 Å². The number of hydrogen-bond acceptors (Lipinski definition) is 4. The molecule has 0 bridgehead atoms. The highest BCUT2D eigenvalue weighted by molar-refractivity contribution is 7.99. The van der Waals surface area contributed by atoms with Crippen LogP contribution in [0.4, 0.5) is 0 Å². The zero-order valence-corrected chi connectivity index (χ0v) is 17.3. The molecule has 0 spiro atoms. The van der Waals surface area contributed by atoms with Crippen LogP contribution in [0.15, 0.2) is 59.8 Å². The van der Waals surface area contributed by atoms with Crippen LogP contribution in [0.1, 0.15) is 31.9 Å². The molecule has 1 heterocycles. The molecule has 27 heavy (non-hydrogen) atoms. The van der Waals surface area contributed by atoms with Crippen molar-refractivity contribution in [3.8, 4) is 11.4 Å². The molecule has 0 fully saturated rings. The maximum atomic E-state index is 5.18. The summed E-state index contributed by atoms with van der Waals surface area (Å²) in [5, 5.41) is 9.88. The van der Waals surface area contributed by atoms with Gasteiger partial charge in [0.1, 0.15) is 0 Å². The summed E-state index contributed by atoms with van der Waals surface area (Å²) in [6.45, 7) is 8.12. The predicted octanol–water partition coefficient (Wildman–Crippen LogP) is 5.03. The van der Waals surface area contributed by atoms with Crippen molar-refractivity contribution < 1.29 is 4.74 Å². The fourth-order valence-electron chi connectivity index (χ4n) is 2.85. The summed E-state index contributed by atoms with van der Waals surface area (Å²) in [5.41, 5.74) is 3.77. The summed E-state index contributed by atoms with van der Waals surface area (Å²) in [6.07, 6.45) is 0. The monoisotopic (exact) mass is 381 g/mol. The minimum Gasteiger partial charge on any atom is -0.384 e. The molecule has 3 rings (SSSR count). The van der Waals surface area contributed by atoms with Gasteiger partial charge in [0.2, 0.25) is 0 Å². The van der Waals surface area contributed by atoms with Gasteiger partial charge in [0.25, 0.3) is 0 Å². The maximum Gasteiger partial charge on any atom is 0.191 e. The van der Waals surface area contributed by atoms with E-state index in [2.05, 4.69) is 84.1 Å². The Balaban J connectivity index is 1.94. The third-order valence-electron chi connectivity index (χ3n) is 4.43. The first-order chi connectivity index (χ1) is 13.0. The summed E-state index contributed by atoms with van der Waals surface area (Å²) >= 11 is 1.68. The zero-order chi connectivity index (χ0) is 19.3. The average Bonchev–Trinajstić information content (AvgIpc) is 3.05. The topological polar surface area (TPSA) is 39.9 Å². The number of benzene rings is 2. The minimum absolute atomic E-state index is 0.136. The van der Waals surface area contributed by atoms with Crippen molar-refractivity contribution in [1.82, 2.24) is 14.8 Å². The van der Waals surface area contributed by atoms with E-state index >= 15 is 0 Å². The second-order valence-corrected chi connectivity index (χ2v) is 8.61. The smallest absolute Gasteiger partial charge is 0.191 e. The van der Waals surface area contributed by atoms with Gasteiger partial charge in [0.05, 0.1) is 13.2 Å². The Bertz CT molecular complexity index is 852. The van der Waals surface area contributed by atoms with Gasteiger partial charge >= 0.3 is 0 Å². The molecular weight excluding hydrogens is 354 g/mol. The highest BCUT2D eigenvalue weighted by Crippen LogP contribution is 2.28. The molecule has 0 atom stereocenters. The molecule has 1 aromatic heterocycles. The van der Waals surface area contributed by atoms with Crippen LogP contribution in [-0.4, -0.2) is 34.2 Å². The Kier molecular flexibility index (Phi) is 6.34. The Morgan fingerprint density at radius 1 is 0.963 bits per heavy atom. The molecule has 0 saturated heterocycles. The van der Waals surface area contributed by atoms with Gasteiger partial charge in [-0.3, -0.25) is 4.57 Å². The van der Waals surface area contributed by atoms with E-state index in [9.17, 15) is 0 Å². The van der Waals surface area contributed by atoms with E-state index in [1.165, 1.54) is 11.1 Å². The van der Waals surface area contributed by atoms with E-state index in [-0.39, 0.29) is 5.41 Å². The lowest BCUT2D eigenvalue weighted by molar-refractivity contribution is 0.218. The number of thioether (sulfide) groups is 1. The van der Waals surface area contributed by atoms with Crippen molar-refractivity contribution in [2.45, 2.75) is 37.9 Å². The summed E-state index contributed by atoms with van der Waals surface area (Å²) in [4.78, 5) is 0. The Labute approximate surface area is 166 Å². The molecule has 0 amide bonds. The van der Waals surface area contributed by atoms with Crippen molar-refractivity contribution >= 4 is 11.8 Å². The Morgan fingerprint density at radius 3 is 2.30 bits per heavy atom. The van der Waals surface area contributed by atoms with E-state index in [1.54, 1.807) is 18.9 Å². The second kappa shape index (κ2) is 8.72. The molecule has 2 aromatic carbocycles. The van der Waals surface area contributed by atoms with E-state index < -0.39 is 0 Å². The van der Waals surface area contributed by atoms with Crippen LogP contribution in [-0.2, 0) is 16.7 Å². The van der Waals surface area contributed by atoms with E-state index in [0.29, 0.717) is 6.61 Å². The fraction of sp³-hybridized carbons (Fsp3) is 0.364. The van der Waals surface area contributed by atoms with Gasteiger partial charge in [-0.25, -0.2) is 0 Å². The minimum atomic E-state index is 0.136. The molecule has 142 valence electrons. The lowest BCUT2D eigenvalue weighted by atomic mass is 9.87. The summed E-state index contributed by atoms with van der Waals surface area (Å²) < 4.78 is 7.38. The Hall–Kier alpha value is -2.11. The first-order valence-corrected chi connectivity index (χ1v) is 10.2. The first-order valence-electron chi connectivity index (χ1n) is 9.19. The second-order valence-electron chi connectivity index (χ2n) is 7.55. The quantitative estimate of drug-likeness (QED) is 0.425. The number of nitrogens with zero attached hydrogens (tertiary/aromatic N) is 3. The van der Waals surface area contributed by atoms with Crippen molar-refractivity contribution in [1.29, 1.82) is 0 Å². The van der Waals surface area contributed by atoms with Crippen molar-refractivity contribution in [2.24, 2.45) is 0 Å². The average molecular weight is 382 g/mol. The maximum absolute atomic E-state index is 5.18. The summed E-state index contributed by atoms with van der Waals surface area (Å²) in [7, 11) is 1.72. The third kappa shape index (κ3) is 4.99. The van der Waals surface area contributed by atoms with Crippen LogP contribution in [0.25, 0.3) is 11.4 Å². The molecule has 0 radical (unpaired) electrons. The van der Waals surface area contributed by atoms with Gasteiger partial charge < -0.3 is 4.74 Å². The van der Waals surface area contributed by atoms with Gasteiger partial charge in [0.15, 0.2) is 11.0 Å². The number of methoxy groups -OCH3 is 1. The molecule has 5 heteroatoms. The zero-order valence-electron chi connectivity index (χ0n) is 16.5.